The van der Waals surface area contributed by atoms with Crippen LogP contribution in [0.15, 0.2) is 0 Å². The van der Waals surface area contributed by atoms with Gasteiger partial charge in [0.1, 0.15) is 4.88 Å². The van der Waals surface area contributed by atoms with E-state index in [4.69, 9.17) is 0 Å². The molecule has 2 rings (SSSR count). The number of aromatic carboxylic acids is 1. The van der Waals surface area contributed by atoms with E-state index < -0.39 is 5.97 Å². The lowest BCUT2D eigenvalue weighted by atomic mass is 9.98. The third-order valence-corrected chi connectivity index (χ3v) is 5.18. The number of aromatic nitrogens is 1. The van der Waals surface area contributed by atoms with E-state index in [0.29, 0.717) is 31.6 Å². The zero-order valence-electron chi connectivity index (χ0n) is 13.1. The second kappa shape index (κ2) is 6.34. The molecule has 0 bridgehead atoms. The number of thiazole rings is 1. The van der Waals surface area contributed by atoms with Crippen LogP contribution < -0.4 is 0 Å². The van der Waals surface area contributed by atoms with E-state index in [2.05, 4.69) is 4.98 Å². The molecular weight excluding hydrogens is 304 g/mol. The molecule has 1 aromatic heterocycles. The molecule has 122 valence electrons. The van der Waals surface area contributed by atoms with Gasteiger partial charge in [0.2, 0.25) is 5.91 Å². The van der Waals surface area contributed by atoms with Crippen molar-refractivity contribution < 1.29 is 19.8 Å². The number of hydrogen-bond acceptors (Lipinski definition) is 5. The summed E-state index contributed by atoms with van der Waals surface area (Å²) in [6.45, 7) is 6.93. The van der Waals surface area contributed by atoms with E-state index in [1.165, 1.54) is 0 Å². The van der Waals surface area contributed by atoms with E-state index in [1.54, 1.807) is 4.90 Å². The Hall–Kier alpha value is -1.47. The van der Waals surface area contributed by atoms with Crippen LogP contribution in [0.25, 0.3) is 0 Å². The largest absolute Gasteiger partial charge is 0.477 e. The van der Waals surface area contributed by atoms with Gasteiger partial charge in [-0.3, -0.25) is 4.79 Å². The maximum absolute atomic E-state index is 12.3. The first-order valence-electron chi connectivity index (χ1n) is 7.38. The van der Waals surface area contributed by atoms with Crippen molar-refractivity contribution in [1.29, 1.82) is 0 Å². The number of carbonyl (C=O) groups is 2. The predicted molar refractivity (Wildman–Crippen MR) is 83.3 cm³/mol. The highest BCUT2D eigenvalue weighted by Crippen LogP contribution is 2.30. The third-order valence-electron chi connectivity index (χ3n) is 3.67. The van der Waals surface area contributed by atoms with E-state index in [9.17, 15) is 19.8 Å². The Morgan fingerprint density at radius 2 is 1.91 bits per heavy atom. The van der Waals surface area contributed by atoms with Crippen LogP contribution >= 0.6 is 11.3 Å². The van der Waals surface area contributed by atoms with Gasteiger partial charge in [0.15, 0.2) is 0 Å². The van der Waals surface area contributed by atoms with Gasteiger partial charge in [-0.25, -0.2) is 9.78 Å². The Bertz CT molecular complexity index is 569. The summed E-state index contributed by atoms with van der Waals surface area (Å²) in [5.74, 6) is -1.16. The molecular formula is C15H22N2O4S. The fourth-order valence-corrected chi connectivity index (χ4v) is 3.31. The molecule has 0 unspecified atom stereocenters. The summed E-state index contributed by atoms with van der Waals surface area (Å²) in [5, 5.41) is 19.5. The van der Waals surface area contributed by atoms with E-state index >= 15 is 0 Å². The van der Waals surface area contributed by atoms with E-state index in [-0.39, 0.29) is 28.7 Å². The molecule has 6 nitrogen and oxygen atoms in total. The van der Waals surface area contributed by atoms with Gasteiger partial charge in [0.05, 0.1) is 23.2 Å². The van der Waals surface area contributed by atoms with Gasteiger partial charge in [-0.05, 0) is 12.8 Å². The molecule has 22 heavy (non-hydrogen) atoms. The number of nitrogens with zero attached hydrogens (tertiary/aromatic N) is 2. The summed E-state index contributed by atoms with van der Waals surface area (Å²) < 4.78 is 0. The van der Waals surface area contributed by atoms with Crippen LogP contribution in [-0.2, 0) is 16.6 Å². The van der Waals surface area contributed by atoms with Crippen molar-refractivity contribution in [2.45, 2.75) is 51.6 Å². The minimum absolute atomic E-state index is 0.00427. The van der Waals surface area contributed by atoms with Crippen molar-refractivity contribution in [1.82, 2.24) is 9.88 Å². The van der Waals surface area contributed by atoms with Crippen LogP contribution in [0.4, 0.5) is 0 Å². The van der Waals surface area contributed by atoms with Gasteiger partial charge < -0.3 is 15.1 Å². The van der Waals surface area contributed by atoms with Crippen LogP contribution in [0, 0.1) is 0 Å². The summed E-state index contributed by atoms with van der Waals surface area (Å²) in [6.07, 6.45) is 0.805. The molecule has 1 amide bonds. The van der Waals surface area contributed by atoms with Crippen LogP contribution in [0.5, 0.6) is 0 Å². The predicted octanol–water partition coefficient (Wildman–Crippen LogP) is 1.66. The average molecular weight is 326 g/mol. The summed E-state index contributed by atoms with van der Waals surface area (Å²) in [4.78, 5) is 29.9. The number of piperidine rings is 1. The molecule has 0 saturated carbocycles. The lowest BCUT2D eigenvalue weighted by Gasteiger charge is -2.29. The van der Waals surface area contributed by atoms with Gasteiger partial charge in [-0.1, -0.05) is 20.8 Å². The number of amides is 1. The summed E-state index contributed by atoms with van der Waals surface area (Å²) in [6, 6.07) is 0. The number of likely N-dealkylation sites (tertiary alicyclic amines) is 1. The van der Waals surface area contributed by atoms with Crippen LogP contribution in [0.3, 0.4) is 0 Å². The fraction of sp³-hybridized carbons (Fsp3) is 0.667. The minimum atomic E-state index is -1.04. The Morgan fingerprint density at radius 3 is 2.41 bits per heavy atom. The van der Waals surface area contributed by atoms with Crippen molar-refractivity contribution in [3.05, 3.63) is 15.6 Å². The SMILES string of the molecule is CC(C)(C)c1nc(CC(=O)N2CCC(O)CC2)c(C(=O)O)s1. The van der Waals surface area contributed by atoms with Crippen LogP contribution in [-0.4, -0.2) is 51.2 Å². The van der Waals surface area contributed by atoms with Gasteiger partial charge in [-0.15, -0.1) is 11.3 Å². The van der Waals surface area contributed by atoms with Crippen LogP contribution in [0.2, 0.25) is 0 Å². The number of hydrogen-bond donors (Lipinski definition) is 2. The molecule has 1 fully saturated rings. The molecule has 2 heterocycles. The van der Waals surface area contributed by atoms with Crippen molar-refractivity contribution in [2.24, 2.45) is 0 Å². The molecule has 2 N–H and O–H groups in total. The zero-order valence-corrected chi connectivity index (χ0v) is 13.9. The molecule has 0 aliphatic carbocycles. The van der Waals surface area contributed by atoms with Gasteiger partial charge in [0.25, 0.3) is 0 Å². The Balaban J connectivity index is 2.16. The lowest BCUT2D eigenvalue weighted by molar-refractivity contribution is -0.132. The molecule has 1 aliphatic heterocycles. The molecule has 1 saturated heterocycles. The molecule has 0 spiro atoms. The van der Waals surface area contributed by atoms with E-state index in [1.807, 2.05) is 20.8 Å². The van der Waals surface area contributed by atoms with Crippen molar-refractivity contribution in [2.75, 3.05) is 13.1 Å². The Labute approximate surface area is 133 Å². The Kier molecular flexibility index (Phi) is 4.87. The second-order valence-electron chi connectivity index (χ2n) is 6.64. The quantitative estimate of drug-likeness (QED) is 0.881. The zero-order chi connectivity index (χ0) is 16.5. The summed E-state index contributed by atoms with van der Waals surface area (Å²) in [7, 11) is 0. The number of aliphatic hydroxyl groups excluding tert-OH is 1. The smallest absolute Gasteiger partial charge is 0.347 e. The Morgan fingerprint density at radius 1 is 1.32 bits per heavy atom. The second-order valence-corrected chi connectivity index (χ2v) is 7.64. The van der Waals surface area contributed by atoms with Crippen molar-refractivity contribution >= 4 is 23.2 Å². The first-order valence-corrected chi connectivity index (χ1v) is 8.19. The van der Waals surface area contributed by atoms with Crippen LogP contribution in [0.1, 0.15) is 54.0 Å². The number of carboxylic acids is 1. The summed E-state index contributed by atoms with van der Waals surface area (Å²) in [5.41, 5.74) is 0.101. The van der Waals surface area contributed by atoms with E-state index in [0.717, 1.165) is 16.3 Å². The number of carbonyl (C=O) groups excluding carboxylic acids is 1. The molecule has 0 atom stereocenters. The molecule has 0 aromatic carbocycles. The minimum Gasteiger partial charge on any atom is -0.477 e. The maximum Gasteiger partial charge on any atom is 0.347 e. The number of rotatable bonds is 3. The standard InChI is InChI=1S/C15H22N2O4S/c1-15(2,3)14-16-10(12(22-14)13(20)21)8-11(19)17-6-4-9(18)5-7-17/h9,18H,4-8H2,1-3H3,(H,20,21). The van der Waals surface area contributed by atoms with Crippen molar-refractivity contribution in [3.8, 4) is 0 Å². The number of aliphatic hydroxyl groups is 1. The normalized spacial score (nSPS) is 16.8. The van der Waals surface area contributed by atoms with Crippen molar-refractivity contribution in [3.63, 3.8) is 0 Å². The van der Waals surface area contributed by atoms with Gasteiger partial charge in [-0.2, -0.15) is 0 Å². The monoisotopic (exact) mass is 326 g/mol. The van der Waals surface area contributed by atoms with Gasteiger partial charge in [0, 0.05) is 18.5 Å². The lowest BCUT2D eigenvalue weighted by Crippen LogP contribution is -2.41. The molecule has 1 aliphatic rings. The first-order chi connectivity index (χ1) is 10.2. The van der Waals surface area contributed by atoms with Gasteiger partial charge >= 0.3 is 5.97 Å². The highest BCUT2D eigenvalue weighted by molar-refractivity contribution is 7.13. The maximum atomic E-state index is 12.3. The molecule has 7 heteroatoms. The number of carboxylic acid groups (broad SMARTS) is 1. The highest BCUT2D eigenvalue weighted by Gasteiger charge is 2.28. The highest BCUT2D eigenvalue weighted by atomic mass is 32.1. The topological polar surface area (TPSA) is 90.7 Å². The molecule has 1 aromatic rings. The fourth-order valence-electron chi connectivity index (χ4n) is 2.33. The summed E-state index contributed by atoms with van der Waals surface area (Å²) >= 11 is 1.14. The third kappa shape index (κ3) is 3.84. The average Bonchev–Trinajstić information content (AvgIpc) is 2.83. The first kappa shape index (κ1) is 16.9. The molecule has 0 radical (unpaired) electrons.